The van der Waals surface area contributed by atoms with Gasteiger partial charge in [0.15, 0.2) is 0 Å². The molecule has 1 aliphatic rings. The van der Waals surface area contributed by atoms with Gasteiger partial charge in [0.2, 0.25) is 11.8 Å². The Bertz CT molecular complexity index is 1020. The molecule has 3 aromatic rings. The van der Waals surface area contributed by atoms with Gasteiger partial charge in [0.25, 0.3) is 0 Å². The Kier molecular flexibility index (Phi) is 4.63. The molecule has 0 spiro atoms. The van der Waals surface area contributed by atoms with E-state index in [0.29, 0.717) is 19.4 Å². The third-order valence-electron chi connectivity index (χ3n) is 5.11. The van der Waals surface area contributed by atoms with Crippen molar-refractivity contribution in [3.05, 3.63) is 71.8 Å². The normalized spacial score (nSPS) is 13.5. The smallest absolute Gasteiger partial charge is 0.228 e. The molecule has 1 aliphatic heterocycles. The first kappa shape index (κ1) is 17.3. The zero-order chi connectivity index (χ0) is 18.8. The van der Waals surface area contributed by atoms with E-state index in [2.05, 4.69) is 17.4 Å². The monoisotopic (exact) mass is 358 g/mol. The fourth-order valence-electron chi connectivity index (χ4n) is 3.81. The number of aryl methyl sites for hydroxylation is 1. The summed E-state index contributed by atoms with van der Waals surface area (Å²) in [6, 6.07) is 19.9. The van der Waals surface area contributed by atoms with Gasteiger partial charge >= 0.3 is 0 Å². The summed E-state index contributed by atoms with van der Waals surface area (Å²) in [4.78, 5) is 26.4. The second-order valence-corrected chi connectivity index (χ2v) is 6.84. The third kappa shape index (κ3) is 3.43. The average molecular weight is 358 g/mol. The molecule has 0 fully saturated rings. The van der Waals surface area contributed by atoms with Crippen LogP contribution in [-0.2, 0) is 22.4 Å². The Morgan fingerprint density at radius 1 is 1.04 bits per heavy atom. The molecule has 3 aromatic carbocycles. The van der Waals surface area contributed by atoms with E-state index >= 15 is 0 Å². The molecular formula is C23H22N2O2. The van der Waals surface area contributed by atoms with E-state index in [0.717, 1.165) is 39.7 Å². The molecule has 0 saturated carbocycles. The van der Waals surface area contributed by atoms with Gasteiger partial charge in [-0.2, -0.15) is 0 Å². The fraction of sp³-hybridized carbons (Fsp3) is 0.217. The van der Waals surface area contributed by atoms with E-state index in [-0.39, 0.29) is 11.8 Å². The van der Waals surface area contributed by atoms with Gasteiger partial charge in [-0.05, 0) is 53.4 Å². The minimum Gasteiger partial charge on any atom is -0.326 e. The van der Waals surface area contributed by atoms with Crippen LogP contribution in [0.25, 0.3) is 10.8 Å². The van der Waals surface area contributed by atoms with Gasteiger partial charge in [0.05, 0.1) is 6.42 Å². The van der Waals surface area contributed by atoms with E-state index in [1.807, 2.05) is 55.5 Å². The highest BCUT2D eigenvalue weighted by atomic mass is 16.2. The maximum atomic E-state index is 12.6. The lowest BCUT2D eigenvalue weighted by molar-refractivity contribution is -0.119. The van der Waals surface area contributed by atoms with Crippen molar-refractivity contribution in [2.75, 3.05) is 16.8 Å². The average Bonchev–Trinajstić information content (AvgIpc) is 2.68. The van der Waals surface area contributed by atoms with E-state index < -0.39 is 0 Å². The van der Waals surface area contributed by atoms with Crippen LogP contribution in [0, 0.1) is 0 Å². The summed E-state index contributed by atoms with van der Waals surface area (Å²) in [5.74, 6) is 0.128. The highest BCUT2D eigenvalue weighted by Crippen LogP contribution is 2.30. The lowest BCUT2D eigenvalue weighted by Gasteiger charge is -2.28. The Hall–Kier alpha value is -3.14. The number of carbonyl (C=O) groups excluding carboxylic acids is 2. The molecule has 1 N–H and O–H groups in total. The van der Waals surface area contributed by atoms with Gasteiger partial charge in [-0.3, -0.25) is 9.59 Å². The molecule has 0 aromatic heterocycles. The molecule has 0 bridgehead atoms. The first-order valence-electron chi connectivity index (χ1n) is 9.35. The minimum atomic E-state index is -0.0365. The SMILES string of the molecule is CCN1C(=O)CCc2cc(NC(=O)Cc3cccc4ccccc34)ccc21. The standard InChI is InChI=1S/C23H22N2O2/c1-2-25-21-12-11-19(14-18(21)10-13-23(25)27)24-22(26)15-17-8-5-7-16-6-3-4-9-20(16)17/h3-9,11-12,14H,2,10,13,15H2,1H3,(H,24,26). The number of hydrogen-bond acceptors (Lipinski definition) is 2. The van der Waals surface area contributed by atoms with Crippen LogP contribution in [0.1, 0.15) is 24.5 Å². The second-order valence-electron chi connectivity index (χ2n) is 6.84. The molecule has 1 heterocycles. The molecule has 0 atom stereocenters. The summed E-state index contributed by atoms with van der Waals surface area (Å²) < 4.78 is 0. The number of hydrogen-bond donors (Lipinski definition) is 1. The minimum absolute atomic E-state index is 0.0365. The van der Waals surface area contributed by atoms with Gasteiger partial charge in [0.1, 0.15) is 0 Å². The van der Waals surface area contributed by atoms with Gasteiger partial charge in [-0.25, -0.2) is 0 Å². The Balaban J connectivity index is 1.52. The lowest BCUT2D eigenvalue weighted by atomic mass is 10.00. The molecule has 0 unspecified atom stereocenters. The van der Waals surface area contributed by atoms with E-state index in [1.165, 1.54) is 0 Å². The zero-order valence-corrected chi connectivity index (χ0v) is 15.4. The highest BCUT2D eigenvalue weighted by Gasteiger charge is 2.23. The summed E-state index contributed by atoms with van der Waals surface area (Å²) in [6.07, 6.45) is 1.57. The zero-order valence-electron chi connectivity index (χ0n) is 15.4. The number of amides is 2. The summed E-state index contributed by atoms with van der Waals surface area (Å²) in [5, 5.41) is 5.26. The van der Waals surface area contributed by atoms with Crippen molar-refractivity contribution in [2.24, 2.45) is 0 Å². The molecule has 4 rings (SSSR count). The molecule has 2 amide bonds. The van der Waals surface area contributed by atoms with Crippen LogP contribution in [0.3, 0.4) is 0 Å². The van der Waals surface area contributed by atoms with Crippen molar-refractivity contribution in [1.29, 1.82) is 0 Å². The lowest BCUT2D eigenvalue weighted by Crippen LogP contribution is -2.34. The van der Waals surface area contributed by atoms with Crippen LogP contribution in [0.15, 0.2) is 60.7 Å². The maximum Gasteiger partial charge on any atom is 0.228 e. The topological polar surface area (TPSA) is 49.4 Å². The van der Waals surface area contributed by atoms with Crippen molar-refractivity contribution in [3.63, 3.8) is 0 Å². The molecule has 27 heavy (non-hydrogen) atoms. The molecule has 4 nitrogen and oxygen atoms in total. The van der Waals surface area contributed by atoms with Crippen molar-refractivity contribution >= 4 is 34.0 Å². The number of nitrogens with one attached hydrogen (secondary N) is 1. The summed E-state index contributed by atoms with van der Waals surface area (Å²) >= 11 is 0. The molecule has 0 aliphatic carbocycles. The fourth-order valence-corrected chi connectivity index (χ4v) is 3.81. The molecular weight excluding hydrogens is 336 g/mol. The van der Waals surface area contributed by atoms with Crippen LogP contribution in [0.5, 0.6) is 0 Å². The molecule has 136 valence electrons. The first-order valence-corrected chi connectivity index (χ1v) is 9.35. The summed E-state index contributed by atoms with van der Waals surface area (Å²) in [6.45, 7) is 2.64. The van der Waals surface area contributed by atoms with Crippen LogP contribution in [0.2, 0.25) is 0 Å². The number of benzene rings is 3. The van der Waals surface area contributed by atoms with E-state index in [9.17, 15) is 9.59 Å². The first-order chi connectivity index (χ1) is 13.2. The second kappa shape index (κ2) is 7.23. The van der Waals surface area contributed by atoms with Gasteiger partial charge in [-0.15, -0.1) is 0 Å². The number of anilines is 2. The van der Waals surface area contributed by atoms with E-state index in [4.69, 9.17) is 0 Å². The van der Waals surface area contributed by atoms with Crippen LogP contribution in [-0.4, -0.2) is 18.4 Å². The van der Waals surface area contributed by atoms with Crippen molar-refractivity contribution in [1.82, 2.24) is 0 Å². The quantitative estimate of drug-likeness (QED) is 0.755. The van der Waals surface area contributed by atoms with Crippen LogP contribution in [0.4, 0.5) is 11.4 Å². The largest absolute Gasteiger partial charge is 0.326 e. The van der Waals surface area contributed by atoms with Crippen LogP contribution >= 0.6 is 0 Å². The molecule has 0 radical (unpaired) electrons. The number of fused-ring (bicyclic) bond motifs is 2. The molecule has 0 saturated heterocycles. The molecule has 4 heteroatoms. The van der Waals surface area contributed by atoms with Crippen molar-refractivity contribution in [2.45, 2.75) is 26.2 Å². The van der Waals surface area contributed by atoms with Gasteiger partial charge in [0, 0.05) is 24.3 Å². The van der Waals surface area contributed by atoms with Gasteiger partial charge in [-0.1, -0.05) is 42.5 Å². The summed E-state index contributed by atoms with van der Waals surface area (Å²) in [7, 11) is 0. The van der Waals surface area contributed by atoms with Crippen molar-refractivity contribution in [3.8, 4) is 0 Å². The predicted octanol–water partition coefficient (Wildman–Crippen LogP) is 4.32. The Labute approximate surface area is 158 Å². The number of rotatable bonds is 4. The Morgan fingerprint density at radius 3 is 2.70 bits per heavy atom. The number of carbonyl (C=O) groups is 2. The predicted molar refractivity (Wildman–Crippen MR) is 109 cm³/mol. The number of nitrogens with zero attached hydrogens (tertiary/aromatic N) is 1. The maximum absolute atomic E-state index is 12.6. The van der Waals surface area contributed by atoms with Crippen LogP contribution < -0.4 is 10.2 Å². The third-order valence-corrected chi connectivity index (χ3v) is 5.11. The van der Waals surface area contributed by atoms with Crippen molar-refractivity contribution < 1.29 is 9.59 Å². The summed E-state index contributed by atoms with van der Waals surface area (Å²) in [5.41, 5.74) is 3.87. The Morgan fingerprint density at radius 2 is 1.85 bits per heavy atom. The van der Waals surface area contributed by atoms with Gasteiger partial charge < -0.3 is 10.2 Å². The van der Waals surface area contributed by atoms with E-state index in [1.54, 1.807) is 4.90 Å². The highest BCUT2D eigenvalue weighted by molar-refractivity contribution is 5.98.